The van der Waals surface area contributed by atoms with Crippen LogP contribution in [0, 0.1) is 5.92 Å². The van der Waals surface area contributed by atoms with E-state index in [1.165, 1.54) is 18.5 Å². The van der Waals surface area contributed by atoms with E-state index in [0.717, 1.165) is 12.5 Å². The molecule has 2 atom stereocenters. The van der Waals surface area contributed by atoms with Gasteiger partial charge in [0.1, 0.15) is 0 Å². The molecule has 0 amide bonds. The van der Waals surface area contributed by atoms with Gasteiger partial charge in [0.15, 0.2) is 0 Å². The van der Waals surface area contributed by atoms with Gasteiger partial charge in [-0.05, 0) is 43.0 Å². The second kappa shape index (κ2) is 3.88. The first-order valence-electron chi connectivity index (χ1n) is 4.98. The molecule has 1 aliphatic heterocycles. The number of aromatic nitrogens is 1. The summed E-state index contributed by atoms with van der Waals surface area (Å²) < 4.78 is 0. The minimum absolute atomic E-state index is 0.642. The van der Waals surface area contributed by atoms with Gasteiger partial charge in [0.2, 0.25) is 0 Å². The Balaban J connectivity index is 2.08. The lowest BCUT2D eigenvalue weighted by Crippen LogP contribution is -2.14. The van der Waals surface area contributed by atoms with Crippen molar-refractivity contribution in [2.24, 2.45) is 5.92 Å². The Hall–Kier alpha value is -0.890. The van der Waals surface area contributed by atoms with E-state index in [2.05, 4.69) is 23.3 Å². The van der Waals surface area contributed by atoms with E-state index in [9.17, 15) is 0 Å². The van der Waals surface area contributed by atoms with Crippen molar-refractivity contribution in [2.75, 3.05) is 13.1 Å². The summed E-state index contributed by atoms with van der Waals surface area (Å²) in [6.07, 6.45) is 5.13. The predicted molar refractivity (Wildman–Crippen MR) is 53.6 cm³/mol. The fraction of sp³-hybridized carbons (Fsp3) is 0.545. The summed E-state index contributed by atoms with van der Waals surface area (Å²) in [6.45, 7) is 4.64. The van der Waals surface area contributed by atoms with E-state index in [1.54, 1.807) is 0 Å². The van der Waals surface area contributed by atoms with Crippen molar-refractivity contribution in [3.05, 3.63) is 30.1 Å². The average molecular weight is 176 g/mol. The van der Waals surface area contributed by atoms with Gasteiger partial charge in [0.05, 0.1) is 0 Å². The Morgan fingerprint density at radius 2 is 2.54 bits per heavy atom. The lowest BCUT2D eigenvalue weighted by molar-refractivity contribution is 0.486. The number of nitrogens with zero attached hydrogens (tertiary/aromatic N) is 1. The van der Waals surface area contributed by atoms with Crippen molar-refractivity contribution in [3.63, 3.8) is 0 Å². The van der Waals surface area contributed by atoms with Crippen molar-refractivity contribution in [3.8, 4) is 0 Å². The molecule has 0 unspecified atom stereocenters. The van der Waals surface area contributed by atoms with E-state index < -0.39 is 0 Å². The molecular formula is C11H16N2. The van der Waals surface area contributed by atoms with Crippen LogP contribution in [0.4, 0.5) is 0 Å². The molecule has 0 aliphatic carbocycles. The van der Waals surface area contributed by atoms with Crippen molar-refractivity contribution >= 4 is 0 Å². The van der Waals surface area contributed by atoms with Crippen LogP contribution < -0.4 is 5.32 Å². The Labute approximate surface area is 79.4 Å². The molecule has 1 N–H and O–H groups in total. The SMILES string of the molecule is C[C@@H](c1cccnc1)[C@H]1CCNC1. The predicted octanol–water partition coefficient (Wildman–Crippen LogP) is 1.79. The highest BCUT2D eigenvalue weighted by molar-refractivity contribution is 5.15. The van der Waals surface area contributed by atoms with Crippen molar-refractivity contribution in [1.29, 1.82) is 0 Å². The molecule has 0 aromatic carbocycles. The Morgan fingerprint density at radius 3 is 3.15 bits per heavy atom. The van der Waals surface area contributed by atoms with Crippen LogP contribution in [-0.2, 0) is 0 Å². The van der Waals surface area contributed by atoms with Gasteiger partial charge in [-0.1, -0.05) is 13.0 Å². The molecule has 1 fully saturated rings. The van der Waals surface area contributed by atoms with Gasteiger partial charge in [-0.25, -0.2) is 0 Å². The minimum Gasteiger partial charge on any atom is -0.316 e. The normalized spacial score (nSPS) is 24.5. The lowest BCUT2D eigenvalue weighted by atomic mass is 9.88. The number of hydrogen-bond acceptors (Lipinski definition) is 2. The van der Waals surface area contributed by atoms with Gasteiger partial charge in [-0.3, -0.25) is 4.98 Å². The summed E-state index contributed by atoms with van der Waals surface area (Å²) in [5, 5.41) is 3.40. The molecule has 0 radical (unpaired) electrons. The van der Waals surface area contributed by atoms with E-state index in [-0.39, 0.29) is 0 Å². The molecule has 2 nitrogen and oxygen atoms in total. The standard InChI is InChI=1S/C11H16N2/c1-9(11-4-6-13-8-11)10-3-2-5-12-7-10/h2-3,5,7,9,11,13H,4,6,8H2,1H3/t9-,11-/m0/s1. The highest BCUT2D eigenvalue weighted by Gasteiger charge is 2.22. The fourth-order valence-corrected chi connectivity index (χ4v) is 2.02. The Bertz CT molecular complexity index is 252. The summed E-state index contributed by atoms with van der Waals surface area (Å²) >= 11 is 0. The van der Waals surface area contributed by atoms with Crippen LogP contribution in [-0.4, -0.2) is 18.1 Å². The van der Waals surface area contributed by atoms with Gasteiger partial charge in [0.25, 0.3) is 0 Å². The number of rotatable bonds is 2. The van der Waals surface area contributed by atoms with Gasteiger partial charge in [0, 0.05) is 12.4 Å². The second-order valence-electron chi connectivity index (χ2n) is 3.83. The first kappa shape index (κ1) is 8.70. The van der Waals surface area contributed by atoms with E-state index >= 15 is 0 Å². The van der Waals surface area contributed by atoms with Gasteiger partial charge < -0.3 is 5.32 Å². The van der Waals surface area contributed by atoms with Crippen molar-refractivity contribution < 1.29 is 0 Å². The highest BCUT2D eigenvalue weighted by Crippen LogP contribution is 2.27. The maximum atomic E-state index is 4.16. The van der Waals surface area contributed by atoms with Gasteiger partial charge >= 0.3 is 0 Å². The molecule has 2 heteroatoms. The maximum absolute atomic E-state index is 4.16. The molecule has 1 saturated heterocycles. The third-order valence-corrected chi connectivity index (χ3v) is 3.02. The summed E-state index contributed by atoms with van der Waals surface area (Å²) in [7, 11) is 0. The molecule has 2 rings (SSSR count). The summed E-state index contributed by atoms with van der Waals surface area (Å²) in [6, 6.07) is 4.20. The zero-order valence-corrected chi connectivity index (χ0v) is 8.03. The largest absolute Gasteiger partial charge is 0.316 e. The van der Waals surface area contributed by atoms with E-state index in [4.69, 9.17) is 0 Å². The molecule has 0 saturated carbocycles. The Kier molecular flexibility index (Phi) is 2.60. The van der Waals surface area contributed by atoms with Crippen LogP contribution in [0.1, 0.15) is 24.8 Å². The van der Waals surface area contributed by atoms with E-state index in [1.807, 2.05) is 18.5 Å². The van der Waals surface area contributed by atoms with Crippen molar-refractivity contribution in [1.82, 2.24) is 10.3 Å². The Morgan fingerprint density at radius 1 is 1.62 bits per heavy atom. The van der Waals surface area contributed by atoms with Crippen LogP contribution in [0.2, 0.25) is 0 Å². The van der Waals surface area contributed by atoms with Crippen LogP contribution in [0.3, 0.4) is 0 Å². The van der Waals surface area contributed by atoms with Crippen LogP contribution >= 0.6 is 0 Å². The maximum Gasteiger partial charge on any atom is 0.0302 e. The number of pyridine rings is 1. The molecule has 2 heterocycles. The summed E-state index contributed by atoms with van der Waals surface area (Å²) in [5.74, 6) is 1.44. The molecule has 0 bridgehead atoms. The lowest BCUT2D eigenvalue weighted by Gasteiger charge is -2.17. The number of nitrogens with one attached hydrogen (secondary N) is 1. The minimum atomic E-state index is 0.642. The second-order valence-corrected chi connectivity index (χ2v) is 3.83. The van der Waals surface area contributed by atoms with Gasteiger partial charge in [-0.2, -0.15) is 0 Å². The zero-order chi connectivity index (χ0) is 9.10. The smallest absolute Gasteiger partial charge is 0.0302 e. The molecule has 1 aromatic rings. The monoisotopic (exact) mass is 176 g/mol. The first-order chi connectivity index (χ1) is 6.38. The van der Waals surface area contributed by atoms with Crippen LogP contribution in [0.5, 0.6) is 0 Å². The molecule has 1 aromatic heterocycles. The average Bonchev–Trinajstić information content (AvgIpc) is 2.71. The quantitative estimate of drug-likeness (QED) is 0.743. The molecular weight excluding hydrogens is 160 g/mol. The molecule has 0 spiro atoms. The zero-order valence-electron chi connectivity index (χ0n) is 8.03. The fourth-order valence-electron chi connectivity index (χ4n) is 2.02. The molecule has 1 aliphatic rings. The van der Waals surface area contributed by atoms with Crippen LogP contribution in [0.15, 0.2) is 24.5 Å². The molecule has 70 valence electrons. The van der Waals surface area contributed by atoms with Crippen molar-refractivity contribution in [2.45, 2.75) is 19.3 Å². The highest BCUT2D eigenvalue weighted by atomic mass is 14.9. The van der Waals surface area contributed by atoms with E-state index in [0.29, 0.717) is 5.92 Å². The van der Waals surface area contributed by atoms with Crippen LogP contribution in [0.25, 0.3) is 0 Å². The molecule has 13 heavy (non-hydrogen) atoms. The topological polar surface area (TPSA) is 24.9 Å². The first-order valence-corrected chi connectivity index (χ1v) is 4.98. The summed E-state index contributed by atoms with van der Waals surface area (Å²) in [4.78, 5) is 4.16. The number of hydrogen-bond donors (Lipinski definition) is 1. The third-order valence-electron chi connectivity index (χ3n) is 3.02. The van der Waals surface area contributed by atoms with Gasteiger partial charge in [-0.15, -0.1) is 0 Å². The summed E-state index contributed by atoms with van der Waals surface area (Å²) in [5.41, 5.74) is 1.37. The third kappa shape index (κ3) is 1.89.